The lowest BCUT2D eigenvalue weighted by molar-refractivity contribution is 0.0621. The second kappa shape index (κ2) is 6.44. The molecule has 3 fully saturated rings. The number of aromatic amines is 1. The predicted octanol–water partition coefficient (Wildman–Crippen LogP) is 3.27. The Morgan fingerprint density at radius 3 is 2.85 bits per heavy atom. The summed E-state index contributed by atoms with van der Waals surface area (Å²) < 4.78 is 1.04. The number of H-pyrrole nitrogens is 1. The molecule has 134 valence electrons. The summed E-state index contributed by atoms with van der Waals surface area (Å²) >= 11 is 5.07. The first kappa shape index (κ1) is 16.4. The summed E-state index contributed by atoms with van der Waals surface area (Å²) in [5, 5.41) is 3.25. The Labute approximate surface area is 163 Å². The number of carbonyl (C=O) groups is 1. The Morgan fingerprint density at radius 1 is 1.31 bits per heavy atom. The topological polar surface area (TPSA) is 73.9 Å². The Bertz CT molecular complexity index is 975. The van der Waals surface area contributed by atoms with Crippen LogP contribution in [0.25, 0.3) is 21.9 Å². The van der Waals surface area contributed by atoms with Crippen LogP contribution in [-0.4, -0.2) is 51.4 Å². The highest BCUT2D eigenvalue weighted by atomic mass is 79.9. The van der Waals surface area contributed by atoms with Gasteiger partial charge in [-0.25, -0.2) is 9.97 Å². The summed E-state index contributed by atoms with van der Waals surface area (Å²) in [7, 11) is 0. The van der Waals surface area contributed by atoms with Crippen LogP contribution < -0.4 is 5.32 Å². The number of piperidine rings is 3. The summed E-state index contributed by atoms with van der Waals surface area (Å²) in [6.07, 6.45) is 4.01. The van der Waals surface area contributed by atoms with Gasteiger partial charge in [-0.1, -0.05) is 0 Å². The molecule has 1 amide bonds. The second-order valence-electron chi connectivity index (χ2n) is 6.96. The number of aromatic nitrogens is 3. The maximum Gasteiger partial charge on any atom is 0.253 e. The van der Waals surface area contributed by atoms with Crippen LogP contribution in [0.15, 0.2) is 28.2 Å². The van der Waals surface area contributed by atoms with E-state index in [-0.39, 0.29) is 11.9 Å². The number of thiophene rings is 1. The van der Waals surface area contributed by atoms with Gasteiger partial charge in [0.1, 0.15) is 0 Å². The number of hydrogen-bond donors (Lipinski definition) is 2. The van der Waals surface area contributed by atoms with Gasteiger partial charge in [-0.3, -0.25) is 4.79 Å². The molecule has 3 aromatic rings. The molecule has 6 nitrogen and oxygen atoms in total. The monoisotopic (exact) mass is 431 g/mol. The number of hydrogen-bond acceptors (Lipinski definition) is 5. The lowest BCUT2D eigenvalue weighted by Crippen LogP contribution is -2.57. The van der Waals surface area contributed by atoms with Crippen LogP contribution in [0.2, 0.25) is 0 Å². The fourth-order valence-corrected chi connectivity index (χ4v) is 5.36. The van der Waals surface area contributed by atoms with Crippen molar-refractivity contribution < 1.29 is 4.79 Å². The molecule has 2 bridgehead atoms. The molecule has 1 unspecified atom stereocenters. The van der Waals surface area contributed by atoms with E-state index >= 15 is 0 Å². The molecule has 0 saturated carbocycles. The minimum absolute atomic E-state index is 0.0429. The quantitative estimate of drug-likeness (QED) is 0.667. The lowest BCUT2D eigenvalue weighted by Gasteiger charge is -2.44. The largest absolute Gasteiger partial charge is 0.348 e. The van der Waals surface area contributed by atoms with E-state index in [0.717, 1.165) is 34.1 Å². The van der Waals surface area contributed by atoms with E-state index in [1.54, 1.807) is 23.6 Å². The first-order valence-electron chi connectivity index (χ1n) is 8.81. The smallest absolute Gasteiger partial charge is 0.253 e. The van der Waals surface area contributed by atoms with E-state index < -0.39 is 0 Å². The van der Waals surface area contributed by atoms with Crippen molar-refractivity contribution in [1.82, 2.24) is 25.2 Å². The molecule has 6 heterocycles. The zero-order valence-electron chi connectivity index (χ0n) is 14.0. The van der Waals surface area contributed by atoms with Crippen LogP contribution in [0, 0.1) is 5.92 Å². The number of pyridine rings is 1. The number of imidazole rings is 1. The van der Waals surface area contributed by atoms with Gasteiger partial charge in [0.25, 0.3) is 5.91 Å². The third kappa shape index (κ3) is 2.86. The highest BCUT2D eigenvalue weighted by Gasteiger charge is 2.35. The zero-order valence-corrected chi connectivity index (χ0v) is 16.4. The summed E-state index contributed by atoms with van der Waals surface area (Å²) in [6.45, 7) is 3.29. The highest BCUT2D eigenvalue weighted by molar-refractivity contribution is 9.11. The Hall–Kier alpha value is -1.77. The predicted molar refractivity (Wildman–Crippen MR) is 105 cm³/mol. The average Bonchev–Trinajstić information content (AvgIpc) is 3.28. The van der Waals surface area contributed by atoms with Gasteiger partial charge in [-0.15, -0.1) is 11.3 Å². The van der Waals surface area contributed by atoms with Crippen molar-refractivity contribution in [2.75, 3.05) is 19.6 Å². The number of carbonyl (C=O) groups excluding carboxylic acids is 1. The molecule has 0 aliphatic carbocycles. The molecule has 3 aliphatic heterocycles. The fourth-order valence-electron chi connectivity index (χ4n) is 4.03. The zero-order chi connectivity index (χ0) is 17.7. The molecule has 0 radical (unpaired) electrons. The minimum atomic E-state index is -0.0429. The maximum absolute atomic E-state index is 12.9. The van der Waals surface area contributed by atoms with Crippen LogP contribution in [-0.2, 0) is 0 Å². The van der Waals surface area contributed by atoms with Crippen LogP contribution in [0.4, 0.5) is 0 Å². The molecule has 2 N–H and O–H groups in total. The van der Waals surface area contributed by atoms with Crippen molar-refractivity contribution >= 4 is 44.3 Å². The van der Waals surface area contributed by atoms with Crippen molar-refractivity contribution in [2.24, 2.45) is 5.92 Å². The summed E-state index contributed by atoms with van der Waals surface area (Å²) in [5.74, 6) is 1.30. The van der Waals surface area contributed by atoms with Gasteiger partial charge in [0, 0.05) is 18.8 Å². The van der Waals surface area contributed by atoms with Crippen molar-refractivity contribution in [3.05, 3.63) is 33.7 Å². The molecule has 1 atom stereocenters. The summed E-state index contributed by atoms with van der Waals surface area (Å²) in [4.78, 5) is 28.6. The first-order valence-corrected chi connectivity index (χ1v) is 10.4. The lowest BCUT2D eigenvalue weighted by atomic mass is 9.84. The number of nitrogens with zero attached hydrogens (tertiary/aromatic N) is 3. The molecular weight excluding hydrogens is 414 g/mol. The maximum atomic E-state index is 12.9. The number of fused-ring (bicyclic) bond motifs is 4. The van der Waals surface area contributed by atoms with Crippen molar-refractivity contribution in [3.8, 4) is 10.7 Å². The molecule has 3 aliphatic rings. The van der Waals surface area contributed by atoms with Crippen LogP contribution >= 0.6 is 27.3 Å². The van der Waals surface area contributed by atoms with Gasteiger partial charge in [-0.05, 0) is 66.0 Å². The van der Waals surface area contributed by atoms with E-state index in [9.17, 15) is 4.79 Å². The Morgan fingerprint density at radius 2 is 2.15 bits per heavy atom. The molecule has 0 aromatic carbocycles. The van der Waals surface area contributed by atoms with Crippen LogP contribution in [0.3, 0.4) is 0 Å². The van der Waals surface area contributed by atoms with E-state index in [1.807, 2.05) is 12.1 Å². The van der Waals surface area contributed by atoms with E-state index in [2.05, 4.69) is 41.1 Å². The van der Waals surface area contributed by atoms with Crippen molar-refractivity contribution in [2.45, 2.75) is 18.9 Å². The molecule has 3 saturated heterocycles. The molecule has 6 rings (SSSR count). The molecule has 8 heteroatoms. The summed E-state index contributed by atoms with van der Waals surface area (Å²) in [5.41, 5.74) is 1.89. The molecule has 26 heavy (non-hydrogen) atoms. The fraction of sp³-hybridized carbons (Fsp3) is 0.389. The van der Waals surface area contributed by atoms with Crippen LogP contribution in [0.1, 0.15) is 23.2 Å². The Kier molecular flexibility index (Phi) is 4.06. The SMILES string of the molecule is O=C(NC1CN2CCC1CC2)c1ccnc2nc(-c3ccc(Br)s3)[nH]c12. The van der Waals surface area contributed by atoms with Gasteiger partial charge in [0.15, 0.2) is 11.5 Å². The van der Waals surface area contributed by atoms with Crippen LogP contribution in [0.5, 0.6) is 0 Å². The van der Waals surface area contributed by atoms with Crippen molar-refractivity contribution in [3.63, 3.8) is 0 Å². The number of rotatable bonds is 3. The van der Waals surface area contributed by atoms with E-state index in [1.165, 1.54) is 12.8 Å². The van der Waals surface area contributed by atoms with Crippen molar-refractivity contribution in [1.29, 1.82) is 0 Å². The molecule has 0 spiro atoms. The molecular formula is C18H18BrN5OS. The first-order chi connectivity index (χ1) is 12.7. The summed E-state index contributed by atoms with van der Waals surface area (Å²) in [6, 6.07) is 6.00. The number of nitrogens with one attached hydrogen (secondary N) is 2. The number of halogens is 1. The highest BCUT2D eigenvalue weighted by Crippen LogP contribution is 2.31. The second-order valence-corrected chi connectivity index (χ2v) is 9.43. The standard InChI is InChI=1S/C18H18BrN5OS/c19-14-2-1-13(26-14)16-22-15-11(3-6-20-17(15)23-16)18(25)21-12-9-24-7-4-10(12)5-8-24/h1-3,6,10,12H,4-5,7-9H2,(H,21,25)(H,20,22,23). The minimum Gasteiger partial charge on any atom is -0.348 e. The normalized spacial score (nSPS) is 24.9. The third-order valence-corrected chi connectivity index (χ3v) is 7.05. The number of amides is 1. The average molecular weight is 432 g/mol. The Balaban J connectivity index is 1.44. The van der Waals surface area contributed by atoms with Gasteiger partial charge in [-0.2, -0.15) is 0 Å². The van der Waals surface area contributed by atoms with E-state index in [0.29, 0.717) is 22.6 Å². The van der Waals surface area contributed by atoms with E-state index in [4.69, 9.17) is 0 Å². The van der Waals surface area contributed by atoms with Gasteiger partial charge >= 0.3 is 0 Å². The van der Waals surface area contributed by atoms with Gasteiger partial charge in [0.05, 0.1) is 19.7 Å². The molecule has 3 aromatic heterocycles. The van der Waals surface area contributed by atoms with Gasteiger partial charge < -0.3 is 15.2 Å². The third-order valence-electron chi connectivity index (χ3n) is 5.42. The van der Waals surface area contributed by atoms with Gasteiger partial charge in [0.2, 0.25) is 0 Å².